The van der Waals surface area contributed by atoms with Gasteiger partial charge in [-0.05, 0) is 17.7 Å². The first-order valence-electron chi connectivity index (χ1n) is 6.52. The molecule has 3 nitrogen and oxygen atoms in total. The largest absolute Gasteiger partial charge is 0.487 e. The summed E-state index contributed by atoms with van der Waals surface area (Å²) >= 11 is 0. The van der Waals surface area contributed by atoms with Gasteiger partial charge in [0.15, 0.2) is 17.3 Å². The van der Waals surface area contributed by atoms with Crippen LogP contribution in [-0.4, -0.2) is 19.3 Å². The molecule has 4 heteroatoms. The van der Waals surface area contributed by atoms with Crippen molar-refractivity contribution in [1.82, 2.24) is 0 Å². The van der Waals surface area contributed by atoms with E-state index in [1.54, 1.807) is 12.1 Å². The predicted molar refractivity (Wildman–Crippen MR) is 72.4 cm³/mol. The molecular weight excluding hydrogens is 259 g/mol. The minimum Gasteiger partial charge on any atom is -0.487 e. The molecule has 0 saturated carbocycles. The highest BCUT2D eigenvalue weighted by Crippen LogP contribution is 2.31. The lowest BCUT2D eigenvalue weighted by atomic mass is 10.2. The molecule has 1 aliphatic heterocycles. The maximum Gasteiger partial charge on any atom is 0.197 e. The maximum absolute atomic E-state index is 13.9. The molecule has 104 valence electrons. The van der Waals surface area contributed by atoms with E-state index in [1.807, 2.05) is 30.3 Å². The molecule has 0 amide bonds. The summed E-state index contributed by atoms with van der Waals surface area (Å²) in [5.74, 6) is 0.142. The fraction of sp³-hybridized carbons (Fsp3) is 0.250. The SMILES string of the molecule is Fc1cccc(OCC2CO2)c1OCc1ccccc1. The molecule has 0 aliphatic carbocycles. The van der Waals surface area contributed by atoms with Crippen molar-refractivity contribution in [2.24, 2.45) is 0 Å². The lowest BCUT2D eigenvalue weighted by Crippen LogP contribution is -2.06. The zero-order chi connectivity index (χ0) is 13.8. The van der Waals surface area contributed by atoms with Crippen LogP contribution < -0.4 is 9.47 Å². The maximum atomic E-state index is 13.9. The molecule has 0 bridgehead atoms. The summed E-state index contributed by atoms with van der Waals surface area (Å²) in [5, 5.41) is 0. The molecule has 1 saturated heterocycles. The molecule has 1 fully saturated rings. The van der Waals surface area contributed by atoms with E-state index in [1.165, 1.54) is 6.07 Å². The second-order valence-electron chi connectivity index (χ2n) is 4.61. The topological polar surface area (TPSA) is 31.0 Å². The minimum absolute atomic E-state index is 0.125. The summed E-state index contributed by atoms with van der Waals surface area (Å²) < 4.78 is 30.0. The van der Waals surface area contributed by atoms with Crippen molar-refractivity contribution < 1.29 is 18.6 Å². The van der Waals surface area contributed by atoms with Gasteiger partial charge < -0.3 is 14.2 Å². The van der Waals surface area contributed by atoms with Crippen LogP contribution in [-0.2, 0) is 11.3 Å². The molecule has 1 aliphatic rings. The fourth-order valence-electron chi connectivity index (χ4n) is 1.82. The van der Waals surface area contributed by atoms with E-state index >= 15 is 0 Å². The third-order valence-electron chi connectivity index (χ3n) is 2.98. The summed E-state index contributed by atoms with van der Waals surface area (Å²) in [6, 6.07) is 14.3. The van der Waals surface area contributed by atoms with E-state index in [0.29, 0.717) is 25.6 Å². The highest BCUT2D eigenvalue weighted by molar-refractivity contribution is 5.41. The molecule has 3 rings (SSSR count). The predicted octanol–water partition coefficient (Wildman–Crippen LogP) is 3.18. The van der Waals surface area contributed by atoms with Crippen LogP contribution in [0.4, 0.5) is 4.39 Å². The van der Waals surface area contributed by atoms with Crippen molar-refractivity contribution in [3.8, 4) is 11.5 Å². The van der Waals surface area contributed by atoms with Crippen molar-refractivity contribution in [1.29, 1.82) is 0 Å². The first-order chi connectivity index (χ1) is 9.83. The van der Waals surface area contributed by atoms with Gasteiger partial charge in [-0.2, -0.15) is 0 Å². The van der Waals surface area contributed by atoms with E-state index in [-0.39, 0.29) is 11.9 Å². The summed E-state index contributed by atoms with van der Waals surface area (Å²) in [7, 11) is 0. The average molecular weight is 274 g/mol. The molecule has 2 aromatic carbocycles. The Kier molecular flexibility index (Phi) is 3.83. The van der Waals surface area contributed by atoms with Crippen molar-refractivity contribution in [3.05, 3.63) is 59.9 Å². The Hall–Kier alpha value is -2.07. The number of hydrogen-bond donors (Lipinski definition) is 0. The fourth-order valence-corrected chi connectivity index (χ4v) is 1.82. The van der Waals surface area contributed by atoms with Gasteiger partial charge in [0.2, 0.25) is 0 Å². The first kappa shape index (κ1) is 12.9. The molecule has 1 atom stereocenters. The zero-order valence-corrected chi connectivity index (χ0v) is 10.9. The molecule has 0 N–H and O–H groups in total. The summed E-state index contributed by atoms with van der Waals surface area (Å²) in [5.41, 5.74) is 0.979. The highest BCUT2D eigenvalue weighted by Gasteiger charge is 2.24. The van der Waals surface area contributed by atoms with Crippen LogP contribution in [0.5, 0.6) is 11.5 Å². The number of rotatable bonds is 6. The summed E-state index contributed by atoms with van der Waals surface area (Å²) in [6.45, 7) is 1.43. The number of epoxide rings is 1. The molecule has 2 aromatic rings. The van der Waals surface area contributed by atoms with Crippen molar-refractivity contribution in [3.63, 3.8) is 0 Å². The summed E-state index contributed by atoms with van der Waals surface area (Å²) in [6.07, 6.45) is 0.125. The third-order valence-corrected chi connectivity index (χ3v) is 2.98. The Morgan fingerprint density at radius 3 is 2.60 bits per heavy atom. The Morgan fingerprint density at radius 2 is 1.85 bits per heavy atom. The first-order valence-corrected chi connectivity index (χ1v) is 6.52. The summed E-state index contributed by atoms with van der Waals surface area (Å²) in [4.78, 5) is 0. The Labute approximate surface area is 116 Å². The highest BCUT2D eigenvalue weighted by atomic mass is 19.1. The van der Waals surface area contributed by atoms with Crippen LogP contribution in [0.2, 0.25) is 0 Å². The Morgan fingerprint density at radius 1 is 1.05 bits per heavy atom. The van der Waals surface area contributed by atoms with Gasteiger partial charge >= 0.3 is 0 Å². The van der Waals surface area contributed by atoms with Gasteiger partial charge in [-0.15, -0.1) is 0 Å². The molecule has 20 heavy (non-hydrogen) atoms. The average Bonchev–Trinajstić information content (AvgIpc) is 3.29. The van der Waals surface area contributed by atoms with Crippen LogP contribution in [0.3, 0.4) is 0 Å². The van der Waals surface area contributed by atoms with Crippen LogP contribution in [0, 0.1) is 5.82 Å². The monoisotopic (exact) mass is 274 g/mol. The lowest BCUT2D eigenvalue weighted by molar-refractivity contribution is 0.231. The van der Waals surface area contributed by atoms with E-state index in [4.69, 9.17) is 14.2 Å². The minimum atomic E-state index is -0.421. The van der Waals surface area contributed by atoms with Gasteiger partial charge in [0, 0.05) is 0 Å². The van der Waals surface area contributed by atoms with Gasteiger partial charge in [0.25, 0.3) is 0 Å². The Balaban J connectivity index is 1.69. The van der Waals surface area contributed by atoms with Crippen molar-refractivity contribution in [2.75, 3.05) is 13.2 Å². The normalized spacial score (nSPS) is 16.8. The van der Waals surface area contributed by atoms with Crippen molar-refractivity contribution in [2.45, 2.75) is 12.7 Å². The van der Waals surface area contributed by atoms with Gasteiger partial charge in [0.1, 0.15) is 19.3 Å². The second kappa shape index (κ2) is 5.92. The van der Waals surface area contributed by atoms with Crippen LogP contribution >= 0.6 is 0 Å². The number of hydrogen-bond acceptors (Lipinski definition) is 3. The smallest absolute Gasteiger partial charge is 0.197 e. The Bertz CT molecular complexity index is 567. The zero-order valence-electron chi connectivity index (χ0n) is 10.9. The van der Waals surface area contributed by atoms with Gasteiger partial charge in [-0.1, -0.05) is 36.4 Å². The van der Waals surface area contributed by atoms with E-state index < -0.39 is 5.82 Å². The van der Waals surface area contributed by atoms with Gasteiger partial charge in [0.05, 0.1) is 6.61 Å². The number of ether oxygens (including phenoxy) is 3. The second-order valence-corrected chi connectivity index (χ2v) is 4.61. The van der Waals surface area contributed by atoms with Gasteiger partial charge in [-0.25, -0.2) is 4.39 Å². The van der Waals surface area contributed by atoms with Crippen LogP contribution in [0.15, 0.2) is 48.5 Å². The molecular formula is C16H15FO3. The van der Waals surface area contributed by atoms with Crippen LogP contribution in [0.25, 0.3) is 0 Å². The molecule has 0 radical (unpaired) electrons. The third kappa shape index (κ3) is 3.27. The number of benzene rings is 2. The van der Waals surface area contributed by atoms with Crippen molar-refractivity contribution >= 4 is 0 Å². The van der Waals surface area contributed by atoms with E-state index in [9.17, 15) is 4.39 Å². The molecule has 1 unspecified atom stereocenters. The molecule has 0 aromatic heterocycles. The van der Waals surface area contributed by atoms with Crippen LogP contribution in [0.1, 0.15) is 5.56 Å². The standard InChI is InChI=1S/C16H15FO3/c17-14-7-4-8-15(19-11-13-10-18-13)16(14)20-9-12-5-2-1-3-6-12/h1-8,13H,9-11H2. The number of halogens is 1. The van der Waals surface area contributed by atoms with E-state index in [2.05, 4.69) is 0 Å². The lowest BCUT2D eigenvalue weighted by Gasteiger charge is -2.13. The number of para-hydroxylation sites is 1. The van der Waals surface area contributed by atoms with Gasteiger partial charge in [-0.3, -0.25) is 0 Å². The molecule has 1 heterocycles. The van der Waals surface area contributed by atoms with E-state index in [0.717, 1.165) is 5.56 Å². The molecule has 0 spiro atoms. The quantitative estimate of drug-likeness (QED) is 0.758.